The smallest absolute Gasteiger partial charge is 0.123 e. The minimum Gasteiger partial charge on any atom is -0.496 e. The van der Waals surface area contributed by atoms with Crippen molar-refractivity contribution in [3.8, 4) is 28.0 Å². The molecule has 0 spiro atoms. The largest absolute Gasteiger partial charge is 0.496 e. The number of aliphatic hydroxyl groups excluding tert-OH is 1. The zero-order chi connectivity index (χ0) is 34.8. The van der Waals surface area contributed by atoms with Gasteiger partial charge in [0.2, 0.25) is 0 Å². The highest BCUT2D eigenvalue weighted by molar-refractivity contribution is 6.36. The number of aliphatic hydroxyl groups is 1. The molecule has 49 heavy (non-hydrogen) atoms. The summed E-state index contributed by atoms with van der Waals surface area (Å²) in [5, 5.41) is 32.9. The lowest BCUT2D eigenvalue weighted by atomic mass is 9.94. The number of nitrogens with one attached hydrogen (secondary N) is 5. The molecule has 0 saturated carbocycles. The van der Waals surface area contributed by atoms with Gasteiger partial charge in [-0.15, -0.1) is 0 Å². The Morgan fingerprint density at radius 2 is 1.76 bits per heavy atom. The van der Waals surface area contributed by atoms with E-state index in [1.807, 2.05) is 48.5 Å². The summed E-state index contributed by atoms with van der Waals surface area (Å²) in [6.07, 6.45) is 3.53. The van der Waals surface area contributed by atoms with Crippen LogP contribution >= 0.6 is 23.2 Å². The van der Waals surface area contributed by atoms with E-state index < -0.39 is 6.10 Å². The van der Waals surface area contributed by atoms with Crippen LogP contribution in [0.2, 0.25) is 10.0 Å². The number of carbonyl (C=O) groups excluding carboxylic acids is 1. The lowest BCUT2D eigenvalue weighted by molar-refractivity contribution is -0.109. The summed E-state index contributed by atoms with van der Waals surface area (Å²) in [6.45, 7) is 6.80. The van der Waals surface area contributed by atoms with Crippen molar-refractivity contribution < 1.29 is 14.6 Å². The average molecular weight is 701 g/mol. The Bertz CT molecular complexity index is 1780. The van der Waals surface area contributed by atoms with Gasteiger partial charge in [-0.2, -0.15) is 0 Å². The normalized spacial score (nSPS) is 14.7. The molecule has 1 aliphatic rings. The van der Waals surface area contributed by atoms with Gasteiger partial charge in [0.05, 0.1) is 18.2 Å². The van der Waals surface area contributed by atoms with Gasteiger partial charge < -0.3 is 41.3 Å². The van der Waals surface area contributed by atoms with E-state index >= 15 is 0 Å². The fourth-order valence-corrected chi connectivity index (χ4v) is 6.65. The second-order valence-corrected chi connectivity index (χ2v) is 13.0. The van der Waals surface area contributed by atoms with E-state index in [-0.39, 0.29) is 13.0 Å². The Balaban J connectivity index is 1.29. The predicted molar refractivity (Wildman–Crippen MR) is 201 cm³/mol. The Morgan fingerprint density at radius 3 is 2.47 bits per heavy atom. The van der Waals surface area contributed by atoms with Crippen molar-refractivity contribution in [1.29, 1.82) is 5.41 Å². The van der Waals surface area contributed by atoms with Crippen LogP contribution in [0, 0.1) is 5.41 Å². The molecule has 4 aromatic rings. The Morgan fingerprint density at radius 1 is 1.00 bits per heavy atom. The highest BCUT2D eigenvalue weighted by atomic mass is 35.5. The zero-order valence-electron chi connectivity index (χ0n) is 27.6. The highest BCUT2D eigenvalue weighted by Gasteiger charge is 2.17. The molecule has 1 saturated heterocycles. The van der Waals surface area contributed by atoms with Crippen molar-refractivity contribution in [2.24, 2.45) is 0 Å². The maximum absolute atomic E-state index is 10.6. The first-order valence-corrected chi connectivity index (χ1v) is 17.1. The van der Waals surface area contributed by atoms with Gasteiger partial charge in [-0.25, -0.2) is 0 Å². The number of allylic oxidation sites excluding steroid dienone is 1. The maximum atomic E-state index is 10.6. The SMILES string of the molecule is C=C1CCC(CNCc2ccc(-c3cccc(-c4cccc(NCc5cc(OC)c(CNCC(O)CC=O)cc5Cl)c4C=N)c3Cl)cc2)N1. The average Bonchev–Trinajstić information content (AvgIpc) is 3.52. The maximum Gasteiger partial charge on any atom is 0.123 e. The molecule has 0 aromatic heterocycles. The van der Waals surface area contributed by atoms with Crippen LogP contribution in [0.3, 0.4) is 0 Å². The number of halogens is 2. The number of hydrogen-bond donors (Lipinski definition) is 6. The summed E-state index contributed by atoms with van der Waals surface area (Å²) in [6, 6.07) is 24.5. The van der Waals surface area contributed by atoms with Crippen LogP contribution in [-0.4, -0.2) is 50.0 Å². The first-order chi connectivity index (χ1) is 23.8. The summed E-state index contributed by atoms with van der Waals surface area (Å²) in [5.74, 6) is 0.653. The number of ether oxygens (including phenoxy) is 1. The summed E-state index contributed by atoms with van der Waals surface area (Å²) >= 11 is 13.8. The molecular weight excluding hydrogens is 657 g/mol. The van der Waals surface area contributed by atoms with Crippen LogP contribution in [-0.2, 0) is 24.4 Å². The van der Waals surface area contributed by atoms with Gasteiger partial charge in [0.15, 0.2) is 0 Å². The number of carbonyl (C=O) groups is 1. The van der Waals surface area contributed by atoms with E-state index in [1.165, 1.54) is 11.8 Å². The van der Waals surface area contributed by atoms with Gasteiger partial charge in [0, 0.05) is 90.1 Å². The van der Waals surface area contributed by atoms with E-state index in [9.17, 15) is 9.90 Å². The summed E-state index contributed by atoms with van der Waals surface area (Å²) in [7, 11) is 1.60. The molecule has 1 fully saturated rings. The molecule has 2 atom stereocenters. The van der Waals surface area contributed by atoms with E-state index in [1.54, 1.807) is 7.11 Å². The third kappa shape index (κ3) is 9.29. The first-order valence-electron chi connectivity index (χ1n) is 16.4. The minimum atomic E-state index is -0.746. The second kappa shape index (κ2) is 17.5. The summed E-state index contributed by atoms with van der Waals surface area (Å²) < 4.78 is 5.62. The van der Waals surface area contributed by atoms with Gasteiger partial charge in [0.25, 0.3) is 0 Å². The third-order valence-corrected chi connectivity index (χ3v) is 9.47. The van der Waals surface area contributed by atoms with Crippen LogP contribution in [0.4, 0.5) is 5.69 Å². The molecular formula is C39H43Cl2N5O3. The monoisotopic (exact) mass is 699 g/mol. The molecule has 6 N–H and O–H groups in total. The Hall–Kier alpha value is -4.18. The molecule has 0 bridgehead atoms. The molecule has 10 heteroatoms. The van der Waals surface area contributed by atoms with E-state index in [0.717, 1.165) is 70.7 Å². The van der Waals surface area contributed by atoms with Gasteiger partial charge in [-0.1, -0.05) is 84.4 Å². The summed E-state index contributed by atoms with van der Waals surface area (Å²) in [5.41, 5.74) is 9.09. The van der Waals surface area contributed by atoms with Crippen molar-refractivity contribution in [2.45, 2.75) is 51.0 Å². The number of rotatable bonds is 17. The number of anilines is 1. The van der Waals surface area contributed by atoms with Crippen molar-refractivity contribution in [1.82, 2.24) is 16.0 Å². The van der Waals surface area contributed by atoms with Crippen molar-refractivity contribution >= 4 is 41.4 Å². The molecule has 1 heterocycles. The van der Waals surface area contributed by atoms with Crippen LogP contribution in [0.5, 0.6) is 5.75 Å². The molecule has 5 rings (SSSR count). The molecule has 8 nitrogen and oxygen atoms in total. The van der Waals surface area contributed by atoms with E-state index in [4.69, 9.17) is 33.3 Å². The number of hydrogen-bond acceptors (Lipinski definition) is 8. The Kier molecular flexibility index (Phi) is 12.9. The van der Waals surface area contributed by atoms with Crippen LogP contribution in [0.1, 0.15) is 41.5 Å². The number of aldehydes is 1. The topological polar surface area (TPSA) is 118 Å². The van der Waals surface area contributed by atoms with Crippen LogP contribution in [0.15, 0.2) is 85.1 Å². The van der Waals surface area contributed by atoms with Gasteiger partial charge in [-0.3, -0.25) is 0 Å². The summed E-state index contributed by atoms with van der Waals surface area (Å²) in [4.78, 5) is 10.6. The molecule has 4 aromatic carbocycles. The standard InChI is InChI=1S/C39H43Cl2N5O3/c1-25-9-14-30(46-25)23-43-20-26-10-12-27(13-11-26)32-5-3-7-34(39(32)41)33-6-4-8-37(35(33)19-42)45-22-28-18-38(49-2)29(17-36(28)40)21-44-24-31(48)15-16-47/h3-8,10-13,16-19,30-31,42-46,48H,1,9,14-15,20-24H2,2H3. The molecule has 2 unspecified atom stereocenters. The van der Waals surface area contributed by atoms with Crippen molar-refractivity contribution in [3.05, 3.63) is 117 Å². The van der Waals surface area contributed by atoms with Crippen LogP contribution in [0.25, 0.3) is 22.3 Å². The van der Waals surface area contributed by atoms with Crippen molar-refractivity contribution in [2.75, 3.05) is 25.5 Å². The zero-order valence-corrected chi connectivity index (χ0v) is 29.1. The Labute approximate surface area is 298 Å². The second-order valence-electron chi connectivity index (χ2n) is 12.2. The number of methoxy groups -OCH3 is 1. The predicted octanol–water partition coefficient (Wildman–Crippen LogP) is 7.34. The van der Waals surface area contributed by atoms with Gasteiger partial charge in [0.1, 0.15) is 12.0 Å². The molecule has 0 amide bonds. The van der Waals surface area contributed by atoms with E-state index in [2.05, 4.69) is 52.1 Å². The lowest BCUT2D eigenvalue weighted by Crippen LogP contribution is -2.32. The molecule has 256 valence electrons. The van der Waals surface area contributed by atoms with Gasteiger partial charge in [-0.05, 0) is 53.3 Å². The molecule has 0 radical (unpaired) electrons. The van der Waals surface area contributed by atoms with E-state index in [0.29, 0.717) is 46.8 Å². The minimum absolute atomic E-state index is 0.0780. The highest BCUT2D eigenvalue weighted by Crippen LogP contribution is 2.39. The third-order valence-electron chi connectivity index (χ3n) is 8.71. The number of benzene rings is 4. The quantitative estimate of drug-likeness (QED) is 0.0504. The molecule has 0 aliphatic carbocycles. The molecule has 1 aliphatic heterocycles. The van der Waals surface area contributed by atoms with Crippen LogP contribution < -0.4 is 26.0 Å². The lowest BCUT2D eigenvalue weighted by Gasteiger charge is -2.18. The van der Waals surface area contributed by atoms with Crippen molar-refractivity contribution in [3.63, 3.8) is 0 Å². The fourth-order valence-electron chi connectivity index (χ4n) is 6.06. The first kappa shape index (κ1) is 36.1. The van der Waals surface area contributed by atoms with Gasteiger partial charge >= 0.3 is 0 Å². The fraction of sp³-hybridized carbons (Fsp3) is 0.282.